The number of ether oxygens (including phenoxy) is 1. The minimum Gasteiger partial charge on any atom is -0.469 e. The zero-order valence-electron chi connectivity index (χ0n) is 10.8. The van der Waals surface area contributed by atoms with E-state index >= 15 is 0 Å². The molecule has 1 fully saturated rings. The largest absolute Gasteiger partial charge is 0.469 e. The second kappa shape index (κ2) is 7.50. The first-order chi connectivity index (χ1) is 9.04. The van der Waals surface area contributed by atoms with E-state index in [0.717, 1.165) is 0 Å². The summed E-state index contributed by atoms with van der Waals surface area (Å²) in [6.45, 7) is 0. The predicted molar refractivity (Wildman–Crippen MR) is 62.3 cm³/mol. The van der Waals surface area contributed by atoms with Crippen molar-refractivity contribution in [1.82, 2.24) is 5.06 Å². The summed E-state index contributed by atoms with van der Waals surface area (Å²) in [5, 5.41) is 0.538. The van der Waals surface area contributed by atoms with E-state index in [1.165, 1.54) is 7.11 Å². The zero-order chi connectivity index (χ0) is 14.3. The van der Waals surface area contributed by atoms with Gasteiger partial charge in [-0.05, 0) is 12.8 Å². The Morgan fingerprint density at radius 1 is 1.00 bits per heavy atom. The minimum atomic E-state index is -0.610. The molecule has 106 valence electrons. The zero-order valence-corrected chi connectivity index (χ0v) is 10.8. The van der Waals surface area contributed by atoms with Crippen molar-refractivity contribution in [3.63, 3.8) is 0 Å². The highest BCUT2D eigenvalue weighted by Crippen LogP contribution is 2.13. The van der Waals surface area contributed by atoms with Crippen molar-refractivity contribution in [3.8, 4) is 0 Å². The molecule has 0 aromatic rings. The van der Waals surface area contributed by atoms with E-state index in [1.807, 2.05) is 0 Å². The maximum atomic E-state index is 11.4. The molecule has 0 radical (unpaired) electrons. The molecule has 1 aliphatic heterocycles. The van der Waals surface area contributed by atoms with Gasteiger partial charge in [0.25, 0.3) is 11.8 Å². The molecule has 7 heteroatoms. The number of hydrogen-bond acceptors (Lipinski definition) is 6. The molecule has 0 aliphatic carbocycles. The van der Waals surface area contributed by atoms with Crippen LogP contribution in [0, 0.1) is 0 Å². The molecular weight excluding hydrogens is 254 g/mol. The summed E-state index contributed by atoms with van der Waals surface area (Å²) in [7, 11) is 1.32. The highest BCUT2D eigenvalue weighted by atomic mass is 16.7. The topological polar surface area (TPSA) is 90.0 Å². The van der Waals surface area contributed by atoms with Crippen LogP contribution in [0.2, 0.25) is 0 Å². The van der Waals surface area contributed by atoms with Crippen molar-refractivity contribution in [1.29, 1.82) is 0 Å². The number of methoxy groups -OCH3 is 1. The van der Waals surface area contributed by atoms with E-state index in [1.54, 1.807) is 0 Å². The smallest absolute Gasteiger partial charge is 0.333 e. The molecule has 1 rings (SSSR count). The Kier molecular flexibility index (Phi) is 5.98. The van der Waals surface area contributed by atoms with Crippen LogP contribution < -0.4 is 0 Å². The SMILES string of the molecule is COC(=O)CCCCCC(=O)ON1C(=O)CCC1=O. The van der Waals surface area contributed by atoms with Crippen molar-refractivity contribution in [2.75, 3.05) is 7.11 Å². The first kappa shape index (κ1) is 15.1. The second-order valence-electron chi connectivity index (χ2n) is 4.18. The van der Waals surface area contributed by atoms with Crippen LogP contribution in [-0.2, 0) is 28.8 Å². The van der Waals surface area contributed by atoms with Crippen molar-refractivity contribution in [3.05, 3.63) is 0 Å². The van der Waals surface area contributed by atoms with Gasteiger partial charge in [0.2, 0.25) is 0 Å². The standard InChI is InChI=1S/C12H17NO6/c1-18-11(16)5-3-2-4-6-12(17)19-13-9(14)7-8-10(13)15/h2-8H2,1H3. The summed E-state index contributed by atoms with van der Waals surface area (Å²) in [4.78, 5) is 49.2. The molecule has 0 bridgehead atoms. The van der Waals surface area contributed by atoms with Gasteiger partial charge in [-0.25, -0.2) is 4.79 Å². The molecule has 1 aliphatic rings. The Labute approximate surface area is 110 Å². The van der Waals surface area contributed by atoms with Crippen LogP contribution in [0.3, 0.4) is 0 Å². The first-order valence-corrected chi connectivity index (χ1v) is 6.18. The molecule has 1 saturated heterocycles. The number of esters is 1. The van der Waals surface area contributed by atoms with Gasteiger partial charge in [-0.15, -0.1) is 5.06 Å². The molecule has 19 heavy (non-hydrogen) atoms. The highest BCUT2D eigenvalue weighted by molar-refractivity contribution is 6.01. The number of carbonyl (C=O) groups excluding carboxylic acids is 4. The fraction of sp³-hybridized carbons (Fsp3) is 0.667. The van der Waals surface area contributed by atoms with E-state index < -0.39 is 17.8 Å². The van der Waals surface area contributed by atoms with Gasteiger partial charge in [-0.2, -0.15) is 0 Å². The van der Waals surface area contributed by atoms with Gasteiger partial charge >= 0.3 is 11.9 Å². The maximum Gasteiger partial charge on any atom is 0.333 e. The van der Waals surface area contributed by atoms with Crippen LogP contribution in [0.1, 0.15) is 44.9 Å². The molecule has 0 N–H and O–H groups in total. The van der Waals surface area contributed by atoms with Gasteiger partial charge in [-0.3, -0.25) is 14.4 Å². The quantitative estimate of drug-likeness (QED) is 0.385. The van der Waals surface area contributed by atoms with E-state index in [9.17, 15) is 19.2 Å². The molecule has 1 heterocycles. The normalized spacial score (nSPS) is 14.7. The van der Waals surface area contributed by atoms with Crippen LogP contribution in [-0.4, -0.2) is 35.9 Å². The average Bonchev–Trinajstić information content (AvgIpc) is 2.69. The third-order valence-corrected chi connectivity index (χ3v) is 2.69. The summed E-state index contributed by atoms with van der Waals surface area (Å²) in [6, 6.07) is 0. The summed E-state index contributed by atoms with van der Waals surface area (Å²) < 4.78 is 4.48. The molecule has 0 aromatic carbocycles. The van der Waals surface area contributed by atoms with Crippen molar-refractivity contribution < 1.29 is 28.8 Å². The maximum absolute atomic E-state index is 11.4. The molecule has 0 unspecified atom stereocenters. The number of carbonyl (C=O) groups is 4. The molecule has 0 atom stereocenters. The molecule has 0 saturated carbocycles. The number of amides is 2. The van der Waals surface area contributed by atoms with E-state index in [-0.39, 0.29) is 25.2 Å². The number of rotatable bonds is 7. The van der Waals surface area contributed by atoms with Gasteiger partial charge in [-0.1, -0.05) is 6.42 Å². The highest BCUT2D eigenvalue weighted by Gasteiger charge is 2.32. The molecule has 2 amide bonds. The summed E-state index contributed by atoms with van der Waals surface area (Å²) in [6.07, 6.45) is 2.43. The number of unbranched alkanes of at least 4 members (excludes halogenated alkanes) is 2. The molecule has 0 aromatic heterocycles. The van der Waals surface area contributed by atoms with E-state index in [4.69, 9.17) is 0 Å². The van der Waals surface area contributed by atoms with E-state index in [0.29, 0.717) is 30.7 Å². The number of imide groups is 1. The Morgan fingerprint density at radius 3 is 2.05 bits per heavy atom. The lowest BCUT2D eigenvalue weighted by Gasteiger charge is -2.12. The Morgan fingerprint density at radius 2 is 1.53 bits per heavy atom. The Balaban J connectivity index is 2.13. The van der Waals surface area contributed by atoms with Crippen LogP contribution in [0.4, 0.5) is 0 Å². The van der Waals surface area contributed by atoms with Gasteiger partial charge in [0.1, 0.15) is 0 Å². The molecule has 7 nitrogen and oxygen atoms in total. The fourth-order valence-electron chi connectivity index (χ4n) is 1.62. The summed E-state index contributed by atoms with van der Waals surface area (Å²) in [5.74, 6) is -1.86. The first-order valence-electron chi connectivity index (χ1n) is 6.18. The van der Waals surface area contributed by atoms with Crippen molar-refractivity contribution in [2.24, 2.45) is 0 Å². The third kappa shape index (κ3) is 5.07. The van der Waals surface area contributed by atoms with Crippen LogP contribution in [0.15, 0.2) is 0 Å². The van der Waals surface area contributed by atoms with Crippen molar-refractivity contribution in [2.45, 2.75) is 44.9 Å². The Bertz CT molecular complexity index is 362. The average molecular weight is 271 g/mol. The lowest BCUT2D eigenvalue weighted by Crippen LogP contribution is -2.31. The predicted octanol–water partition coefficient (Wildman–Crippen LogP) is 0.717. The fourth-order valence-corrected chi connectivity index (χ4v) is 1.62. The van der Waals surface area contributed by atoms with Crippen LogP contribution in [0.25, 0.3) is 0 Å². The summed E-state index contributed by atoms with van der Waals surface area (Å²) in [5.41, 5.74) is 0. The molecular formula is C12H17NO6. The number of nitrogens with zero attached hydrogens (tertiary/aromatic N) is 1. The van der Waals surface area contributed by atoms with Gasteiger partial charge in [0.05, 0.1) is 7.11 Å². The van der Waals surface area contributed by atoms with Crippen LogP contribution in [0.5, 0.6) is 0 Å². The lowest BCUT2D eigenvalue weighted by atomic mass is 10.1. The van der Waals surface area contributed by atoms with Gasteiger partial charge in [0, 0.05) is 25.7 Å². The monoisotopic (exact) mass is 271 g/mol. The van der Waals surface area contributed by atoms with Gasteiger partial charge < -0.3 is 9.57 Å². The van der Waals surface area contributed by atoms with Gasteiger partial charge in [0.15, 0.2) is 0 Å². The van der Waals surface area contributed by atoms with Crippen LogP contribution >= 0.6 is 0 Å². The number of hydrogen-bond donors (Lipinski definition) is 0. The lowest BCUT2D eigenvalue weighted by molar-refractivity contribution is -0.197. The third-order valence-electron chi connectivity index (χ3n) is 2.69. The molecule has 0 spiro atoms. The minimum absolute atomic E-state index is 0.0885. The van der Waals surface area contributed by atoms with E-state index in [2.05, 4.69) is 9.57 Å². The second-order valence-corrected chi connectivity index (χ2v) is 4.18. The summed E-state index contributed by atoms with van der Waals surface area (Å²) >= 11 is 0. The number of hydroxylamine groups is 2. The Hall–Kier alpha value is -1.92. The van der Waals surface area contributed by atoms with Crippen molar-refractivity contribution >= 4 is 23.8 Å².